The van der Waals surface area contributed by atoms with Crippen LogP contribution in [-0.2, 0) is 11.2 Å². The van der Waals surface area contributed by atoms with Crippen LogP contribution in [0.5, 0.6) is 0 Å². The van der Waals surface area contributed by atoms with Gasteiger partial charge in [-0.2, -0.15) is 0 Å². The predicted octanol–water partition coefficient (Wildman–Crippen LogP) is 3.29. The largest absolute Gasteiger partial charge is 0.383 e. The van der Waals surface area contributed by atoms with Gasteiger partial charge in [0.05, 0.1) is 0 Å². The molecule has 0 aliphatic rings. The van der Waals surface area contributed by atoms with E-state index in [1.54, 1.807) is 17.5 Å². The van der Waals surface area contributed by atoms with Gasteiger partial charge in [0.1, 0.15) is 12.1 Å². The molecular formula is C15H12N2OS. The Hall–Kier alpha value is -2.20. The first kappa shape index (κ1) is 11.9. The lowest BCUT2D eigenvalue weighted by Crippen LogP contribution is -1.93. The molecular weight excluding hydrogens is 256 g/mol. The lowest BCUT2D eigenvalue weighted by Gasteiger charge is -1.99. The third-order valence-corrected chi connectivity index (χ3v) is 4.28. The zero-order chi connectivity index (χ0) is 13.2. The van der Waals surface area contributed by atoms with Crippen molar-refractivity contribution in [2.24, 2.45) is 0 Å². The van der Waals surface area contributed by atoms with Crippen LogP contribution < -0.4 is 5.73 Å². The quantitative estimate of drug-likeness (QED) is 0.742. The highest BCUT2D eigenvalue weighted by Crippen LogP contribution is 2.37. The maximum Gasteiger partial charge on any atom is 0.132 e. The molecule has 0 amide bonds. The molecule has 0 atom stereocenters. The number of fused-ring (bicyclic) bond motifs is 1. The number of aldehydes is 1. The van der Waals surface area contributed by atoms with Crippen LogP contribution >= 0.6 is 11.3 Å². The molecule has 19 heavy (non-hydrogen) atoms. The standard InChI is InChI=1S/C15H12N2OS/c16-15-12-8-13(10-4-2-1-3-5-10)19-14(12)11(6-7-18)9-17-15/h1-5,7-9H,6H2,(H2,16,17). The van der Waals surface area contributed by atoms with Crippen LogP contribution in [0.4, 0.5) is 5.82 Å². The molecule has 2 N–H and O–H groups in total. The van der Waals surface area contributed by atoms with Crippen LogP contribution in [0, 0.1) is 0 Å². The molecule has 0 unspecified atom stereocenters. The Morgan fingerprint density at radius 1 is 1.26 bits per heavy atom. The second-order valence-electron chi connectivity index (χ2n) is 4.26. The van der Waals surface area contributed by atoms with Crippen LogP contribution in [0.1, 0.15) is 5.56 Å². The molecule has 0 spiro atoms. The minimum absolute atomic E-state index is 0.374. The van der Waals surface area contributed by atoms with Gasteiger partial charge in [-0.05, 0) is 17.2 Å². The summed E-state index contributed by atoms with van der Waals surface area (Å²) in [5, 5.41) is 0.934. The van der Waals surface area contributed by atoms with Gasteiger partial charge in [0.15, 0.2) is 0 Å². The molecule has 2 aromatic heterocycles. The van der Waals surface area contributed by atoms with Gasteiger partial charge in [-0.15, -0.1) is 11.3 Å². The van der Waals surface area contributed by atoms with Crippen molar-refractivity contribution in [2.75, 3.05) is 5.73 Å². The number of carbonyl (C=O) groups excluding carboxylic acids is 1. The smallest absolute Gasteiger partial charge is 0.132 e. The van der Waals surface area contributed by atoms with Gasteiger partial charge in [0.25, 0.3) is 0 Å². The number of anilines is 1. The Bertz CT molecular complexity index is 734. The number of carbonyl (C=O) groups is 1. The average molecular weight is 268 g/mol. The maximum atomic E-state index is 10.7. The highest BCUT2D eigenvalue weighted by Gasteiger charge is 2.11. The minimum atomic E-state index is 0.374. The average Bonchev–Trinajstić information content (AvgIpc) is 2.89. The zero-order valence-electron chi connectivity index (χ0n) is 10.2. The number of hydrogen-bond acceptors (Lipinski definition) is 4. The van der Waals surface area contributed by atoms with E-state index in [0.29, 0.717) is 12.2 Å². The number of thiophene rings is 1. The maximum absolute atomic E-state index is 10.7. The van der Waals surface area contributed by atoms with Crippen molar-refractivity contribution in [2.45, 2.75) is 6.42 Å². The summed E-state index contributed by atoms with van der Waals surface area (Å²) >= 11 is 1.65. The second-order valence-corrected chi connectivity index (χ2v) is 5.31. The third kappa shape index (κ3) is 2.11. The Labute approximate surface area is 114 Å². The third-order valence-electron chi connectivity index (χ3n) is 3.02. The summed E-state index contributed by atoms with van der Waals surface area (Å²) in [5.41, 5.74) is 8.01. The molecule has 0 radical (unpaired) electrons. The SMILES string of the molecule is Nc1ncc(CC=O)c2sc(-c3ccccc3)cc12. The Balaban J connectivity index is 2.22. The number of nitrogens with zero attached hydrogens (tertiary/aromatic N) is 1. The monoisotopic (exact) mass is 268 g/mol. The first-order valence-corrected chi connectivity index (χ1v) is 6.77. The molecule has 3 rings (SSSR count). The number of benzene rings is 1. The lowest BCUT2D eigenvalue weighted by molar-refractivity contribution is -0.107. The van der Waals surface area contributed by atoms with Gasteiger partial charge in [0.2, 0.25) is 0 Å². The van der Waals surface area contributed by atoms with Crippen molar-refractivity contribution >= 4 is 33.5 Å². The van der Waals surface area contributed by atoms with Crippen LogP contribution in [0.15, 0.2) is 42.6 Å². The van der Waals surface area contributed by atoms with Gasteiger partial charge in [-0.25, -0.2) is 4.98 Å². The van der Waals surface area contributed by atoms with E-state index in [9.17, 15) is 4.79 Å². The number of hydrogen-bond donors (Lipinski definition) is 1. The molecule has 1 aromatic carbocycles. The fourth-order valence-electron chi connectivity index (χ4n) is 2.08. The number of rotatable bonds is 3. The van der Waals surface area contributed by atoms with Crippen LogP contribution in [0.3, 0.4) is 0 Å². The molecule has 2 heterocycles. The van der Waals surface area contributed by atoms with E-state index in [-0.39, 0.29) is 0 Å². The summed E-state index contributed by atoms with van der Waals surface area (Å²) in [6.45, 7) is 0. The van der Waals surface area contributed by atoms with Crippen molar-refractivity contribution in [1.82, 2.24) is 4.98 Å². The fraction of sp³-hybridized carbons (Fsp3) is 0.0667. The normalized spacial score (nSPS) is 10.7. The van der Waals surface area contributed by atoms with Gasteiger partial charge in [0, 0.05) is 27.6 Å². The van der Waals surface area contributed by atoms with E-state index in [2.05, 4.69) is 17.1 Å². The van der Waals surface area contributed by atoms with E-state index in [4.69, 9.17) is 5.73 Å². The highest BCUT2D eigenvalue weighted by atomic mass is 32.1. The molecule has 0 saturated carbocycles. The van der Waals surface area contributed by atoms with Crippen LogP contribution in [-0.4, -0.2) is 11.3 Å². The molecule has 0 aliphatic heterocycles. The van der Waals surface area contributed by atoms with Gasteiger partial charge in [-0.3, -0.25) is 0 Å². The molecule has 94 valence electrons. The first-order valence-electron chi connectivity index (χ1n) is 5.95. The molecule has 3 aromatic rings. The zero-order valence-corrected chi connectivity index (χ0v) is 11.0. The van der Waals surface area contributed by atoms with E-state index in [1.165, 1.54) is 0 Å². The fourth-order valence-corrected chi connectivity index (χ4v) is 3.27. The summed E-state index contributed by atoms with van der Waals surface area (Å²) in [5.74, 6) is 0.517. The lowest BCUT2D eigenvalue weighted by atomic mass is 10.1. The van der Waals surface area contributed by atoms with Crippen LogP contribution in [0.25, 0.3) is 20.5 Å². The summed E-state index contributed by atoms with van der Waals surface area (Å²) < 4.78 is 1.05. The Kier molecular flexibility index (Phi) is 3.01. The Morgan fingerprint density at radius 2 is 2.05 bits per heavy atom. The summed E-state index contributed by atoms with van der Waals surface area (Å²) in [4.78, 5) is 16.0. The molecule has 3 nitrogen and oxygen atoms in total. The number of aromatic nitrogens is 1. The minimum Gasteiger partial charge on any atom is -0.383 e. The molecule has 4 heteroatoms. The van der Waals surface area contributed by atoms with Crippen molar-refractivity contribution in [3.05, 3.63) is 48.2 Å². The first-order chi connectivity index (χ1) is 9.29. The van der Waals surface area contributed by atoms with E-state index < -0.39 is 0 Å². The van der Waals surface area contributed by atoms with E-state index in [1.807, 2.05) is 24.3 Å². The number of pyridine rings is 1. The van der Waals surface area contributed by atoms with Crippen molar-refractivity contribution in [3.8, 4) is 10.4 Å². The van der Waals surface area contributed by atoms with Crippen molar-refractivity contribution in [3.63, 3.8) is 0 Å². The van der Waals surface area contributed by atoms with Gasteiger partial charge in [-0.1, -0.05) is 30.3 Å². The highest BCUT2D eigenvalue weighted by molar-refractivity contribution is 7.22. The molecule has 0 saturated heterocycles. The number of nitrogen functional groups attached to an aromatic ring is 1. The molecule has 0 bridgehead atoms. The number of nitrogens with two attached hydrogens (primary N) is 1. The summed E-state index contributed by atoms with van der Waals surface area (Å²) in [7, 11) is 0. The Morgan fingerprint density at radius 3 is 2.79 bits per heavy atom. The van der Waals surface area contributed by atoms with Crippen molar-refractivity contribution < 1.29 is 4.79 Å². The summed E-state index contributed by atoms with van der Waals surface area (Å²) in [6, 6.07) is 12.2. The molecule has 0 fully saturated rings. The summed E-state index contributed by atoms with van der Waals surface area (Å²) in [6.07, 6.45) is 2.96. The van der Waals surface area contributed by atoms with Gasteiger partial charge >= 0.3 is 0 Å². The van der Waals surface area contributed by atoms with Crippen molar-refractivity contribution in [1.29, 1.82) is 0 Å². The van der Waals surface area contributed by atoms with E-state index >= 15 is 0 Å². The van der Waals surface area contributed by atoms with Gasteiger partial charge < -0.3 is 10.5 Å². The topological polar surface area (TPSA) is 56.0 Å². The van der Waals surface area contributed by atoms with E-state index in [0.717, 1.165) is 32.4 Å². The second kappa shape index (κ2) is 4.82. The predicted molar refractivity (Wildman–Crippen MR) is 79.2 cm³/mol. The van der Waals surface area contributed by atoms with Crippen LogP contribution in [0.2, 0.25) is 0 Å². The molecule has 0 aliphatic carbocycles.